The molecule has 108 valence electrons. The van der Waals surface area contributed by atoms with Crippen LogP contribution in [0, 0.1) is 0 Å². The van der Waals surface area contributed by atoms with Crippen LogP contribution in [0.4, 0.5) is 11.4 Å². The molecule has 21 heavy (non-hydrogen) atoms. The number of ether oxygens (including phenoxy) is 1. The van der Waals surface area contributed by atoms with Crippen molar-refractivity contribution in [2.45, 2.75) is 18.4 Å². The van der Waals surface area contributed by atoms with Gasteiger partial charge in [0.15, 0.2) is 0 Å². The van der Waals surface area contributed by atoms with Gasteiger partial charge in [-0.25, -0.2) is 4.79 Å². The van der Waals surface area contributed by atoms with Crippen molar-refractivity contribution in [3.8, 4) is 0 Å². The first-order valence-electron chi connectivity index (χ1n) is 6.99. The number of carbonyl (C=O) groups is 1. The van der Waals surface area contributed by atoms with E-state index in [1.165, 1.54) is 12.7 Å². The molecular formula is C17H18N2O2. The summed E-state index contributed by atoms with van der Waals surface area (Å²) in [6.07, 6.45) is 1.08. The third-order valence-corrected chi connectivity index (χ3v) is 3.87. The van der Waals surface area contributed by atoms with E-state index in [1.807, 2.05) is 18.2 Å². The Kier molecular flexibility index (Phi) is 3.52. The molecule has 1 aliphatic carbocycles. The van der Waals surface area contributed by atoms with E-state index < -0.39 is 5.97 Å². The summed E-state index contributed by atoms with van der Waals surface area (Å²) in [7, 11) is 1.36. The minimum Gasteiger partial charge on any atom is -0.465 e. The van der Waals surface area contributed by atoms with Crippen molar-refractivity contribution in [1.29, 1.82) is 0 Å². The Balaban J connectivity index is 1.74. The molecule has 1 fully saturated rings. The summed E-state index contributed by atoms with van der Waals surface area (Å²) in [6, 6.07) is 16.1. The highest BCUT2D eigenvalue weighted by molar-refractivity contribution is 5.98. The predicted molar refractivity (Wildman–Crippen MR) is 83.4 cm³/mol. The van der Waals surface area contributed by atoms with Gasteiger partial charge < -0.3 is 15.8 Å². The van der Waals surface area contributed by atoms with Gasteiger partial charge in [-0.2, -0.15) is 0 Å². The van der Waals surface area contributed by atoms with Crippen LogP contribution >= 0.6 is 0 Å². The van der Waals surface area contributed by atoms with Crippen LogP contribution in [0.1, 0.15) is 28.3 Å². The van der Waals surface area contributed by atoms with Gasteiger partial charge in [0.05, 0.1) is 24.0 Å². The number of benzene rings is 2. The third kappa shape index (κ3) is 2.70. The number of esters is 1. The molecule has 2 aromatic carbocycles. The number of para-hydroxylation sites is 1. The first-order valence-corrected chi connectivity index (χ1v) is 6.99. The van der Waals surface area contributed by atoms with E-state index in [-0.39, 0.29) is 0 Å². The van der Waals surface area contributed by atoms with Gasteiger partial charge >= 0.3 is 5.97 Å². The minimum atomic E-state index is -0.411. The molecule has 3 N–H and O–H groups in total. The van der Waals surface area contributed by atoms with Crippen molar-refractivity contribution in [2.24, 2.45) is 0 Å². The highest BCUT2D eigenvalue weighted by atomic mass is 16.5. The summed E-state index contributed by atoms with van der Waals surface area (Å²) in [4.78, 5) is 11.6. The number of nitrogens with one attached hydrogen (secondary N) is 1. The molecule has 2 atom stereocenters. The number of hydrogen-bond donors (Lipinski definition) is 2. The van der Waals surface area contributed by atoms with E-state index in [1.54, 1.807) is 6.07 Å². The Morgan fingerprint density at radius 2 is 1.95 bits per heavy atom. The maximum absolute atomic E-state index is 11.6. The Morgan fingerprint density at radius 1 is 1.19 bits per heavy atom. The predicted octanol–water partition coefficient (Wildman–Crippen LogP) is 3.02. The van der Waals surface area contributed by atoms with Crippen LogP contribution in [-0.4, -0.2) is 19.1 Å². The lowest BCUT2D eigenvalue weighted by atomic mass is 10.1. The van der Waals surface area contributed by atoms with Crippen molar-refractivity contribution in [3.63, 3.8) is 0 Å². The highest BCUT2D eigenvalue weighted by Gasteiger charge is 2.38. The second-order valence-corrected chi connectivity index (χ2v) is 5.26. The van der Waals surface area contributed by atoms with Crippen molar-refractivity contribution in [2.75, 3.05) is 18.2 Å². The van der Waals surface area contributed by atoms with Crippen LogP contribution in [0.3, 0.4) is 0 Å². The Morgan fingerprint density at radius 3 is 2.67 bits per heavy atom. The molecule has 1 saturated carbocycles. The number of carbonyl (C=O) groups excluding carboxylic acids is 1. The molecule has 3 rings (SSSR count). The molecule has 0 heterocycles. The molecular weight excluding hydrogens is 264 g/mol. The molecule has 1 aliphatic rings. The van der Waals surface area contributed by atoms with Gasteiger partial charge in [-0.3, -0.25) is 0 Å². The van der Waals surface area contributed by atoms with Gasteiger partial charge in [-0.15, -0.1) is 0 Å². The Hall–Kier alpha value is -2.49. The first kappa shape index (κ1) is 13.5. The SMILES string of the molecule is COC(=O)c1cccc(NC2CC2c2ccccc2)c1N. The standard InChI is InChI=1S/C17H18N2O2/c1-21-17(20)12-8-5-9-14(16(12)18)19-15-10-13(15)11-6-3-2-4-7-11/h2-9,13,15,19H,10,18H2,1H3. The molecule has 2 aromatic rings. The number of hydrogen-bond acceptors (Lipinski definition) is 4. The Labute approximate surface area is 123 Å². The zero-order valence-corrected chi connectivity index (χ0v) is 11.9. The highest BCUT2D eigenvalue weighted by Crippen LogP contribution is 2.43. The van der Waals surface area contributed by atoms with E-state index in [2.05, 4.69) is 29.6 Å². The van der Waals surface area contributed by atoms with E-state index >= 15 is 0 Å². The summed E-state index contributed by atoms with van der Waals surface area (Å²) in [6.45, 7) is 0. The van der Waals surface area contributed by atoms with Gasteiger partial charge in [-0.1, -0.05) is 36.4 Å². The molecule has 0 spiro atoms. The average molecular weight is 282 g/mol. The topological polar surface area (TPSA) is 64.3 Å². The third-order valence-electron chi connectivity index (χ3n) is 3.87. The Bertz CT molecular complexity index is 655. The zero-order valence-electron chi connectivity index (χ0n) is 11.9. The van der Waals surface area contributed by atoms with Crippen LogP contribution in [0.5, 0.6) is 0 Å². The summed E-state index contributed by atoms with van der Waals surface area (Å²) >= 11 is 0. The first-order chi connectivity index (χ1) is 10.2. The quantitative estimate of drug-likeness (QED) is 0.668. The molecule has 0 aromatic heterocycles. The normalized spacial score (nSPS) is 19.9. The van der Waals surface area contributed by atoms with Crippen molar-refractivity contribution in [3.05, 3.63) is 59.7 Å². The molecule has 0 radical (unpaired) electrons. The van der Waals surface area contributed by atoms with Crippen LogP contribution in [0.2, 0.25) is 0 Å². The van der Waals surface area contributed by atoms with Crippen molar-refractivity contribution < 1.29 is 9.53 Å². The minimum absolute atomic E-state index is 0.364. The summed E-state index contributed by atoms with van der Waals surface area (Å²) < 4.78 is 4.74. The molecule has 0 bridgehead atoms. The molecule has 0 aliphatic heterocycles. The largest absolute Gasteiger partial charge is 0.465 e. The fourth-order valence-electron chi connectivity index (χ4n) is 2.60. The lowest BCUT2D eigenvalue weighted by Gasteiger charge is -2.12. The number of anilines is 2. The fourth-order valence-corrected chi connectivity index (χ4v) is 2.60. The van der Waals surface area contributed by atoms with E-state index in [0.717, 1.165) is 12.1 Å². The zero-order chi connectivity index (χ0) is 14.8. The summed E-state index contributed by atoms with van der Waals surface area (Å²) in [5, 5.41) is 3.42. The summed E-state index contributed by atoms with van der Waals surface area (Å²) in [5.41, 5.74) is 9.03. The maximum atomic E-state index is 11.6. The molecule has 4 nitrogen and oxygen atoms in total. The average Bonchev–Trinajstić information content (AvgIpc) is 3.29. The number of nitrogens with two attached hydrogens (primary N) is 1. The van der Waals surface area contributed by atoms with Gasteiger partial charge in [-0.05, 0) is 24.1 Å². The van der Waals surface area contributed by atoms with E-state index in [4.69, 9.17) is 10.5 Å². The molecule has 4 heteroatoms. The monoisotopic (exact) mass is 282 g/mol. The second-order valence-electron chi connectivity index (χ2n) is 5.26. The molecule has 0 amide bonds. The van der Waals surface area contributed by atoms with Gasteiger partial charge in [0.2, 0.25) is 0 Å². The van der Waals surface area contributed by atoms with E-state index in [0.29, 0.717) is 23.2 Å². The van der Waals surface area contributed by atoms with E-state index in [9.17, 15) is 4.79 Å². The van der Waals surface area contributed by atoms with Crippen molar-refractivity contribution in [1.82, 2.24) is 0 Å². The van der Waals surface area contributed by atoms with Crippen LogP contribution in [-0.2, 0) is 4.74 Å². The van der Waals surface area contributed by atoms with Crippen molar-refractivity contribution >= 4 is 17.3 Å². The maximum Gasteiger partial charge on any atom is 0.340 e. The number of rotatable bonds is 4. The smallest absolute Gasteiger partial charge is 0.340 e. The number of methoxy groups -OCH3 is 1. The van der Waals surface area contributed by atoms with Crippen LogP contribution in [0.25, 0.3) is 0 Å². The lowest BCUT2D eigenvalue weighted by molar-refractivity contribution is 0.0602. The summed E-state index contributed by atoms with van der Waals surface area (Å²) in [5.74, 6) is 0.0962. The number of nitrogen functional groups attached to an aromatic ring is 1. The fraction of sp³-hybridized carbons (Fsp3) is 0.235. The molecule has 2 unspecified atom stereocenters. The van der Waals surface area contributed by atoms with Crippen LogP contribution in [0.15, 0.2) is 48.5 Å². The lowest BCUT2D eigenvalue weighted by Crippen LogP contribution is -2.11. The van der Waals surface area contributed by atoms with Gasteiger partial charge in [0, 0.05) is 12.0 Å². The second kappa shape index (κ2) is 5.48. The van der Waals surface area contributed by atoms with Gasteiger partial charge in [0.1, 0.15) is 0 Å². The molecule has 0 saturated heterocycles. The van der Waals surface area contributed by atoms with Crippen LogP contribution < -0.4 is 11.1 Å². The van der Waals surface area contributed by atoms with Gasteiger partial charge in [0.25, 0.3) is 0 Å².